The van der Waals surface area contributed by atoms with E-state index in [1.807, 2.05) is 6.07 Å². The quantitative estimate of drug-likeness (QED) is 0.611. The minimum atomic E-state index is 0.450. The maximum Gasteiger partial charge on any atom is 0.101 e. The molecule has 0 fully saturated rings. The van der Waals surface area contributed by atoms with Gasteiger partial charge in [-0.3, -0.25) is 0 Å². The SMILES string of the molecule is CCC(SC(=S)S)c1ccccc1. The van der Waals surface area contributed by atoms with Gasteiger partial charge in [-0.05, 0) is 12.0 Å². The molecule has 0 aliphatic heterocycles. The van der Waals surface area contributed by atoms with Crippen LogP contribution >= 0.6 is 36.6 Å². The molecule has 1 atom stereocenters. The Kier molecular flexibility index (Phi) is 4.84. The van der Waals surface area contributed by atoms with Crippen molar-refractivity contribution >= 4 is 40.1 Å². The Balaban J connectivity index is 2.73. The third-order valence-electron chi connectivity index (χ3n) is 1.79. The summed E-state index contributed by atoms with van der Waals surface area (Å²) in [7, 11) is 0. The van der Waals surface area contributed by atoms with Gasteiger partial charge in [0.25, 0.3) is 0 Å². The van der Waals surface area contributed by atoms with Gasteiger partial charge in [-0.15, -0.1) is 12.6 Å². The summed E-state index contributed by atoms with van der Waals surface area (Å²) in [5, 5.41) is 0.450. The monoisotopic (exact) mass is 228 g/mol. The Morgan fingerprint density at radius 1 is 1.46 bits per heavy atom. The number of thioether (sulfide) groups is 1. The van der Waals surface area contributed by atoms with E-state index in [-0.39, 0.29) is 0 Å². The van der Waals surface area contributed by atoms with E-state index in [0.29, 0.717) is 5.25 Å². The molecule has 0 saturated heterocycles. The fourth-order valence-electron chi connectivity index (χ4n) is 1.18. The fraction of sp³-hybridized carbons (Fsp3) is 0.300. The van der Waals surface area contributed by atoms with Gasteiger partial charge in [0.2, 0.25) is 0 Å². The first-order valence-electron chi connectivity index (χ1n) is 4.18. The molecule has 0 heterocycles. The van der Waals surface area contributed by atoms with Gasteiger partial charge in [-0.25, -0.2) is 0 Å². The highest BCUT2D eigenvalue weighted by molar-refractivity contribution is 8.41. The Bertz CT molecular complexity index is 269. The second-order valence-electron chi connectivity index (χ2n) is 2.69. The van der Waals surface area contributed by atoms with Crippen molar-refractivity contribution in [3.8, 4) is 0 Å². The highest BCUT2D eigenvalue weighted by Crippen LogP contribution is 2.33. The fourth-order valence-corrected chi connectivity index (χ4v) is 2.61. The zero-order valence-electron chi connectivity index (χ0n) is 7.43. The van der Waals surface area contributed by atoms with Gasteiger partial charge in [0.15, 0.2) is 0 Å². The van der Waals surface area contributed by atoms with E-state index in [0.717, 1.165) is 9.95 Å². The summed E-state index contributed by atoms with van der Waals surface area (Å²) in [6.45, 7) is 2.16. The standard InChI is InChI=1S/C10H12S3/c1-2-9(13-10(11)12)8-6-4-3-5-7-8/h3-7,9H,2H2,1H3,(H,11,12). The van der Waals surface area contributed by atoms with Crippen LogP contribution in [-0.4, -0.2) is 3.53 Å². The summed E-state index contributed by atoms with van der Waals surface area (Å²) in [5.41, 5.74) is 1.33. The Hall–Kier alpha value is 0.01000. The van der Waals surface area contributed by atoms with E-state index in [1.165, 1.54) is 5.56 Å². The van der Waals surface area contributed by atoms with Gasteiger partial charge in [0.05, 0.1) is 0 Å². The van der Waals surface area contributed by atoms with Crippen LogP contribution < -0.4 is 0 Å². The molecule has 0 aliphatic rings. The summed E-state index contributed by atoms with van der Waals surface area (Å²) in [5.74, 6) is 0. The summed E-state index contributed by atoms with van der Waals surface area (Å²) in [6, 6.07) is 10.4. The van der Waals surface area contributed by atoms with Crippen LogP contribution in [0.5, 0.6) is 0 Å². The molecule has 0 saturated carbocycles. The van der Waals surface area contributed by atoms with Crippen molar-refractivity contribution in [3.05, 3.63) is 35.9 Å². The Morgan fingerprint density at radius 2 is 2.08 bits per heavy atom. The smallest absolute Gasteiger partial charge is 0.101 e. The van der Waals surface area contributed by atoms with Crippen molar-refractivity contribution in [2.24, 2.45) is 0 Å². The average molecular weight is 228 g/mol. The minimum absolute atomic E-state index is 0.450. The molecule has 1 unspecified atom stereocenters. The van der Waals surface area contributed by atoms with Crippen molar-refractivity contribution in [1.29, 1.82) is 0 Å². The van der Waals surface area contributed by atoms with Crippen molar-refractivity contribution in [3.63, 3.8) is 0 Å². The molecule has 0 nitrogen and oxygen atoms in total. The Morgan fingerprint density at radius 3 is 2.54 bits per heavy atom. The van der Waals surface area contributed by atoms with Crippen molar-refractivity contribution in [2.45, 2.75) is 18.6 Å². The lowest BCUT2D eigenvalue weighted by Gasteiger charge is -2.12. The molecule has 1 rings (SSSR count). The number of thiol groups is 1. The third-order valence-corrected chi connectivity index (χ3v) is 3.48. The van der Waals surface area contributed by atoms with E-state index in [4.69, 9.17) is 12.2 Å². The second-order valence-corrected chi connectivity index (χ2v) is 5.62. The largest absolute Gasteiger partial charge is 0.125 e. The first-order valence-corrected chi connectivity index (χ1v) is 5.92. The molecular weight excluding hydrogens is 216 g/mol. The van der Waals surface area contributed by atoms with Crippen LogP contribution in [0.3, 0.4) is 0 Å². The molecule has 0 amide bonds. The number of benzene rings is 1. The average Bonchev–Trinajstić information content (AvgIpc) is 2.15. The maximum atomic E-state index is 4.97. The normalized spacial score (nSPS) is 12.5. The summed E-state index contributed by atoms with van der Waals surface area (Å²) in [6.07, 6.45) is 1.08. The summed E-state index contributed by atoms with van der Waals surface area (Å²) in [4.78, 5) is 0. The molecule has 70 valence electrons. The molecule has 0 aliphatic carbocycles. The van der Waals surface area contributed by atoms with Crippen LogP contribution in [0, 0.1) is 0 Å². The lowest BCUT2D eigenvalue weighted by atomic mass is 10.1. The molecule has 0 spiro atoms. The molecule has 1 aromatic carbocycles. The number of hydrogen-bond acceptors (Lipinski definition) is 2. The van der Waals surface area contributed by atoms with E-state index in [9.17, 15) is 0 Å². The van der Waals surface area contributed by atoms with Crippen LogP contribution in [0.2, 0.25) is 0 Å². The van der Waals surface area contributed by atoms with Gasteiger partial charge < -0.3 is 0 Å². The van der Waals surface area contributed by atoms with Gasteiger partial charge >= 0.3 is 0 Å². The van der Waals surface area contributed by atoms with E-state index in [2.05, 4.69) is 43.8 Å². The minimum Gasteiger partial charge on any atom is -0.125 e. The van der Waals surface area contributed by atoms with Gasteiger partial charge in [0, 0.05) is 5.25 Å². The lowest BCUT2D eigenvalue weighted by Crippen LogP contribution is -1.93. The van der Waals surface area contributed by atoms with Crippen LogP contribution in [0.4, 0.5) is 0 Å². The van der Waals surface area contributed by atoms with Crippen LogP contribution in [0.15, 0.2) is 30.3 Å². The number of rotatable bonds is 3. The molecule has 13 heavy (non-hydrogen) atoms. The second kappa shape index (κ2) is 5.68. The third kappa shape index (κ3) is 3.71. The molecular formula is C10H12S3. The topological polar surface area (TPSA) is 0 Å². The molecule has 0 aromatic heterocycles. The first-order chi connectivity index (χ1) is 6.24. The van der Waals surface area contributed by atoms with Gasteiger partial charge in [0.1, 0.15) is 3.53 Å². The van der Waals surface area contributed by atoms with Gasteiger partial charge in [-0.2, -0.15) is 0 Å². The lowest BCUT2D eigenvalue weighted by molar-refractivity contribution is 0.900. The molecule has 1 aromatic rings. The predicted molar refractivity (Wildman–Crippen MR) is 68.6 cm³/mol. The van der Waals surface area contributed by atoms with Crippen LogP contribution in [0.1, 0.15) is 24.2 Å². The zero-order chi connectivity index (χ0) is 9.68. The molecule has 0 N–H and O–H groups in total. The van der Waals surface area contributed by atoms with Crippen LogP contribution in [-0.2, 0) is 0 Å². The highest BCUT2D eigenvalue weighted by Gasteiger charge is 2.09. The number of thiocarbonyl (C=S) groups is 1. The van der Waals surface area contributed by atoms with E-state index < -0.39 is 0 Å². The summed E-state index contributed by atoms with van der Waals surface area (Å²) >= 11 is 10.7. The Labute approximate surface area is 94.5 Å². The van der Waals surface area contributed by atoms with Crippen LogP contribution in [0.25, 0.3) is 0 Å². The van der Waals surface area contributed by atoms with E-state index >= 15 is 0 Å². The first kappa shape index (κ1) is 11.1. The number of hydrogen-bond donors (Lipinski definition) is 1. The molecule has 3 heteroatoms. The van der Waals surface area contributed by atoms with Crippen molar-refractivity contribution in [2.75, 3.05) is 0 Å². The summed E-state index contributed by atoms with van der Waals surface area (Å²) < 4.78 is 0.718. The van der Waals surface area contributed by atoms with E-state index in [1.54, 1.807) is 11.8 Å². The molecule has 0 bridgehead atoms. The van der Waals surface area contributed by atoms with Gasteiger partial charge in [-0.1, -0.05) is 61.2 Å². The predicted octanol–water partition coefficient (Wildman–Crippen LogP) is 4.09. The van der Waals surface area contributed by atoms with Crippen molar-refractivity contribution < 1.29 is 0 Å². The zero-order valence-corrected chi connectivity index (χ0v) is 9.96. The maximum absolute atomic E-state index is 4.97. The van der Waals surface area contributed by atoms with Crippen molar-refractivity contribution in [1.82, 2.24) is 0 Å². The highest BCUT2D eigenvalue weighted by atomic mass is 32.2. The molecule has 0 radical (unpaired) electrons.